The van der Waals surface area contributed by atoms with Crippen LogP contribution in [0.3, 0.4) is 0 Å². The fraction of sp³-hybridized carbons (Fsp3) is 0.238. The first-order valence-corrected chi connectivity index (χ1v) is 11.0. The molecule has 0 unspecified atom stereocenters. The Kier molecular flexibility index (Phi) is 5.73. The zero-order valence-corrected chi connectivity index (χ0v) is 17.0. The topological polar surface area (TPSA) is 44.1 Å². The van der Waals surface area contributed by atoms with Crippen LogP contribution in [0.1, 0.15) is 18.2 Å². The minimum Gasteiger partial charge on any atom is -0.494 e. The van der Waals surface area contributed by atoms with E-state index in [9.17, 15) is 9.18 Å². The number of aromatic nitrogens is 2. The predicted molar refractivity (Wildman–Crippen MR) is 111 cm³/mol. The predicted octanol–water partition coefficient (Wildman–Crippen LogP) is 4.71. The second-order valence-electron chi connectivity index (χ2n) is 6.22. The number of hydrogen-bond acceptors (Lipinski definition) is 5. The van der Waals surface area contributed by atoms with Crippen molar-refractivity contribution in [3.8, 4) is 11.4 Å². The largest absolute Gasteiger partial charge is 0.494 e. The molecule has 0 aliphatic carbocycles. The summed E-state index contributed by atoms with van der Waals surface area (Å²) in [5.74, 6) is 1.77. The number of rotatable bonds is 6. The van der Waals surface area contributed by atoms with Crippen LogP contribution in [-0.4, -0.2) is 21.9 Å². The van der Waals surface area contributed by atoms with E-state index in [0.29, 0.717) is 28.0 Å². The Hall–Kier alpha value is -2.25. The molecule has 0 spiro atoms. The zero-order chi connectivity index (χ0) is 19.5. The van der Waals surface area contributed by atoms with Gasteiger partial charge in [-0.05, 0) is 42.8 Å². The number of nitrogens with zero attached hydrogens (tertiary/aromatic N) is 2. The summed E-state index contributed by atoms with van der Waals surface area (Å²) in [4.78, 5) is 18.6. The lowest BCUT2D eigenvalue weighted by Gasteiger charge is -2.14. The second kappa shape index (κ2) is 8.41. The molecule has 2 heterocycles. The van der Waals surface area contributed by atoms with E-state index in [1.807, 2.05) is 37.3 Å². The van der Waals surface area contributed by atoms with Gasteiger partial charge in [0.25, 0.3) is 5.56 Å². The van der Waals surface area contributed by atoms with E-state index in [1.54, 1.807) is 28.5 Å². The van der Waals surface area contributed by atoms with Crippen molar-refractivity contribution in [2.24, 2.45) is 0 Å². The maximum atomic E-state index is 14.0. The van der Waals surface area contributed by atoms with Crippen molar-refractivity contribution in [3.05, 3.63) is 76.0 Å². The molecule has 144 valence electrons. The van der Waals surface area contributed by atoms with Crippen molar-refractivity contribution >= 4 is 23.5 Å². The smallest absolute Gasteiger partial charge is 0.272 e. The van der Waals surface area contributed by atoms with Crippen LogP contribution >= 0.6 is 23.5 Å². The van der Waals surface area contributed by atoms with Crippen LogP contribution in [0.25, 0.3) is 5.69 Å². The highest BCUT2D eigenvalue weighted by atomic mass is 32.2. The molecule has 3 aromatic rings. The van der Waals surface area contributed by atoms with Gasteiger partial charge in [0, 0.05) is 17.9 Å². The van der Waals surface area contributed by atoms with Gasteiger partial charge in [0.1, 0.15) is 11.6 Å². The van der Waals surface area contributed by atoms with Crippen LogP contribution in [0.5, 0.6) is 5.75 Å². The van der Waals surface area contributed by atoms with Gasteiger partial charge in [-0.15, -0.1) is 11.8 Å². The molecular weight excluding hydrogens is 395 g/mol. The second-order valence-corrected chi connectivity index (χ2v) is 8.26. The summed E-state index contributed by atoms with van der Waals surface area (Å²) < 4.78 is 21.1. The van der Waals surface area contributed by atoms with Gasteiger partial charge in [-0.25, -0.2) is 9.37 Å². The van der Waals surface area contributed by atoms with E-state index in [1.165, 1.54) is 17.8 Å². The van der Waals surface area contributed by atoms with Gasteiger partial charge < -0.3 is 4.74 Å². The normalized spacial score (nSPS) is 12.8. The fourth-order valence-electron chi connectivity index (χ4n) is 3.03. The number of thioether (sulfide) groups is 2. The third kappa shape index (κ3) is 3.82. The molecule has 0 saturated carbocycles. The van der Waals surface area contributed by atoms with Crippen molar-refractivity contribution in [1.29, 1.82) is 0 Å². The van der Waals surface area contributed by atoms with Crippen molar-refractivity contribution < 1.29 is 9.13 Å². The van der Waals surface area contributed by atoms with Gasteiger partial charge >= 0.3 is 0 Å². The first-order chi connectivity index (χ1) is 13.7. The Morgan fingerprint density at radius 2 is 2.00 bits per heavy atom. The Morgan fingerprint density at radius 1 is 1.21 bits per heavy atom. The third-order valence-corrected chi connectivity index (χ3v) is 6.48. The molecule has 1 aliphatic heterocycles. The average Bonchev–Trinajstić information content (AvgIpc) is 3.18. The highest BCUT2D eigenvalue weighted by Crippen LogP contribution is 2.31. The van der Waals surface area contributed by atoms with Gasteiger partial charge in [-0.3, -0.25) is 9.36 Å². The van der Waals surface area contributed by atoms with E-state index in [-0.39, 0.29) is 11.4 Å². The Labute approximate surface area is 171 Å². The fourth-order valence-corrected chi connectivity index (χ4v) is 5.07. The summed E-state index contributed by atoms with van der Waals surface area (Å²) in [6.45, 7) is 2.51. The van der Waals surface area contributed by atoms with Crippen LogP contribution in [0.4, 0.5) is 4.39 Å². The monoisotopic (exact) mass is 414 g/mol. The van der Waals surface area contributed by atoms with E-state index in [2.05, 4.69) is 0 Å². The van der Waals surface area contributed by atoms with Crippen molar-refractivity contribution in [2.45, 2.75) is 29.1 Å². The van der Waals surface area contributed by atoms with E-state index < -0.39 is 0 Å². The molecule has 2 aromatic carbocycles. The first kappa shape index (κ1) is 19.1. The molecule has 0 bridgehead atoms. The maximum Gasteiger partial charge on any atom is 0.272 e. The van der Waals surface area contributed by atoms with E-state index in [0.717, 1.165) is 29.3 Å². The van der Waals surface area contributed by atoms with Crippen LogP contribution in [0.2, 0.25) is 0 Å². The molecule has 28 heavy (non-hydrogen) atoms. The number of aryl methyl sites for hydroxylation is 1. The lowest BCUT2D eigenvalue weighted by molar-refractivity contribution is 0.340. The SMILES string of the molecule is CCOc1ccc(-n2c(SCc3ccccc3F)nc3c(c2=O)SCC3)cc1. The number of halogens is 1. The number of fused-ring (bicyclic) bond motifs is 1. The zero-order valence-electron chi connectivity index (χ0n) is 15.4. The molecule has 0 atom stereocenters. The number of benzene rings is 2. The van der Waals surface area contributed by atoms with E-state index >= 15 is 0 Å². The summed E-state index contributed by atoms with van der Waals surface area (Å²) >= 11 is 2.93. The summed E-state index contributed by atoms with van der Waals surface area (Å²) in [6.07, 6.45) is 0.784. The number of ether oxygens (including phenoxy) is 1. The maximum absolute atomic E-state index is 14.0. The van der Waals surface area contributed by atoms with Crippen molar-refractivity contribution in [3.63, 3.8) is 0 Å². The van der Waals surface area contributed by atoms with Gasteiger partial charge in [0.05, 0.1) is 22.9 Å². The summed E-state index contributed by atoms with van der Waals surface area (Å²) in [7, 11) is 0. The standard InChI is InChI=1S/C21H19FN2O2S2/c1-2-26-16-9-7-15(8-10-16)24-20(25)19-18(11-12-27-19)23-21(24)28-13-14-5-3-4-6-17(14)22/h3-10H,2,11-13H2,1H3. The lowest BCUT2D eigenvalue weighted by Crippen LogP contribution is -2.23. The van der Waals surface area contributed by atoms with Crippen LogP contribution < -0.4 is 10.3 Å². The molecule has 0 amide bonds. The van der Waals surface area contributed by atoms with Crippen LogP contribution in [0, 0.1) is 5.82 Å². The molecular formula is C21H19FN2O2S2. The third-order valence-electron chi connectivity index (χ3n) is 4.39. The Bertz CT molecular complexity index is 1050. The molecule has 1 aromatic heterocycles. The minimum absolute atomic E-state index is 0.0623. The number of hydrogen-bond donors (Lipinski definition) is 0. The molecule has 0 saturated heterocycles. The van der Waals surface area contributed by atoms with Gasteiger partial charge in [-0.1, -0.05) is 30.0 Å². The van der Waals surface area contributed by atoms with Crippen molar-refractivity contribution in [1.82, 2.24) is 9.55 Å². The molecule has 1 aliphatic rings. The quantitative estimate of drug-likeness (QED) is 0.432. The molecule has 7 heteroatoms. The van der Waals surface area contributed by atoms with E-state index in [4.69, 9.17) is 9.72 Å². The summed E-state index contributed by atoms with van der Waals surface area (Å²) in [6, 6.07) is 14.1. The lowest BCUT2D eigenvalue weighted by atomic mass is 10.2. The molecule has 0 N–H and O–H groups in total. The summed E-state index contributed by atoms with van der Waals surface area (Å²) in [5.41, 5.74) is 2.10. The van der Waals surface area contributed by atoms with Gasteiger partial charge in [0.2, 0.25) is 0 Å². The van der Waals surface area contributed by atoms with Crippen LogP contribution in [-0.2, 0) is 12.2 Å². The Morgan fingerprint density at radius 3 is 2.75 bits per heavy atom. The Balaban J connectivity index is 1.73. The highest BCUT2D eigenvalue weighted by Gasteiger charge is 2.22. The molecule has 0 radical (unpaired) electrons. The summed E-state index contributed by atoms with van der Waals surface area (Å²) in [5, 5.41) is 0.582. The average molecular weight is 415 g/mol. The molecule has 4 nitrogen and oxygen atoms in total. The molecule has 4 rings (SSSR count). The first-order valence-electron chi connectivity index (χ1n) is 9.05. The minimum atomic E-state index is -0.248. The molecule has 0 fully saturated rings. The highest BCUT2D eigenvalue weighted by molar-refractivity contribution is 7.99. The van der Waals surface area contributed by atoms with Gasteiger partial charge in [-0.2, -0.15) is 0 Å². The van der Waals surface area contributed by atoms with Crippen molar-refractivity contribution in [2.75, 3.05) is 12.4 Å². The van der Waals surface area contributed by atoms with Gasteiger partial charge in [0.15, 0.2) is 5.16 Å². The van der Waals surface area contributed by atoms with Crippen LogP contribution in [0.15, 0.2) is 63.4 Å².